The van der Waals surface area contributed by atoms with Crippen LogP contribution >= 0.6 is 11.8 Å². The topological polar surface area (TPSA) is 69.6 Å². The van der Waals surface area contributed by atoms with Crippen molar-refractivity contribution >= 4 is 23.8 Å². The van der Waals surface area contributed by atoms with Gasteiger partial charge in [0, 0.05) is 30.6 Å². The van der Waals surface area contributed by atoms with Gasteiger partial charge in [-0.1, -0.05) is 32.6 Å². The molecule has 1 atom stereocenters. The fourth-order valence-electron chi connectivity index (χ4n) is 3.23. The Kier molecular flexibility index (Phi) is 5.79. The maximum Gasteiger partial charge on any atom is 0.317 e. The first-order chi connectivity index (χ1) is 10.0. The summed E-state index contributed by atoms with van der Waals surface area (Å²) in [5.41, 5.74) is -0.762. The first-order valence-electron chi connectivity index (χ1n) is 7.91. The van der Waals surface area contributed by atoms with Crippen molar-refractivity contribution in [2.75, 3.05) is 25.4 Å². The molecule has 0 bridgehead atoms. The lowest BCUT2D eigenvalue weighted by atomic mass is 9.80. The molecular formula is C15H26N2O3S. The number of carboxylic acid groups (broad SMARTS) is 1. The van der Waals surface area contributed by atoms with Gasteiger partial charge in [0.2, 0.25) is 0 Å². The zero-order valence-corrected chi connectivity index (χ0v) is 13.6. The molecule has 2 rings (SSSR count). The highest BCUT2D eigenvalue weighted by Crippen LogP contribution is 2.35. The Morgan fingerprint density at radius 3 is 2.52 bits per heavy atom. The molecule has 1 saturated carbocycles. The highest BCUT2D eigenvalue weighted by atomic mass is 32.2. The minimum Gasteiger partial charge on any atom is -0.481 e. The van der Waals surface area contributed by atoms with Crippen LogP contribution in [-0.2, 0) is 4.79 Å². The number of thioether (sulfide) groups is 1. The summed E-state index contributed by atoms with van der Waals surface area (Å²) in [7, 11) is 0. The summed E-state index contributed by atoms with van der Waals surface area (Å²) in [5, 5.41) is 13.0. The third-order valence-corrected chi connectivity index (χ3v) is 5.76. The maximum absolute atomic E-state index is 12.2. The number of nitrogens with zero attached hydrogens (tertiary/aromatic N) is 1. The van der Waals surface area contributed by atoms with Crippen LogP contribution in [0.3, 0.4) is 0 Å². The van der Waals surface area contributed by atoms with E-state index < -0.39 is 11.4 Å². The zero-order chi connectivity index (χ0) is 15.3. The predicted octanol–water partition coefficient (Wildman–Crippen LogP) is 2.56. The standard InChI is InChI=1S/C15H26N2O3S/c1-12-10-17(8-9-21-12)14(20)16-11-15(13(18)19)6-4-2-3-5-7-15/h12H,2-11H2,1H3,(H,16,20)(H,18,19). The quantitative estimate of drug-likeness (QED) is 0.786. The molecule has 1 aliphatic carbocycles. The second-order valence-corrected chi connectivity index (χ2v) is 7.83. The highest BCUT2D eigenvalue weighted by Gasteiger charge is 2.39. The third-order valence-electron chi connectivity index (χ3n) is 4.62. The minimum absolute atomic E-state index is 0.105. The van der Waals surface area contributed by atoms with Crippen LogP contribution in [0, 0.1) is 5.41 Å². The molecule has 0 radical (unpaired) electrons. The van der Waals surface area contributed by atoms with Gasteiger partial charge in [0.1, 0.15) is 0 Å². The summed E-state index contributed by atoms with van der Waals surface area (Å²) in [5.74, 6) is 0.200. The van der Waals surface area contributed by atoms with Crippen LogP contribution in [0.15, 0.2) is 0 Å². The number of hydrogen-bond donors (Lipinski definition) is 2. The number of hydrogen-bond acceptors (Lipinski definition) is 3. The van der Waals surface area contributed by atoms with E-state index in [0.717, 1.165) is 44.5 Å². The SMILES string of the molecule is CC1CN(C(=O)NCC2(C(=O)O)CCCCCC2)CCS1. The number of carbonyl (C=O) groups is 2. The summed E-state index contributed by atoms with van der Waals surface area (Å²) in [6, 6.07) is -0.105. The van der Waals surface area contributed by atoms with E-state index in [1.807, 2.05) is 16.7 Å². The molecule has 2 fully saturated rings. The van der Waals surface area contributed by atoms with Gasteiger partial charge in [0.25, 0.3) is 0 Å². The molecule has 1 saturated heterocycles. The maximum atomic E-state index is 12.2. The van der Waals surface area contributed by atoms with Crippen LogP contribution in [0.5, 0.6) is 0 Å². The molecule has 0 aromatic carbocycles. The van der Waals surface area contributed by atoms with Crippen molar-refractivity contribution in [1.82, 2.24) is 10.2 Å². The molecule has 0 spiro atoms. The summed E-state index contributed by atoms with van der Waals surface area (Å²) < 4.78 is 0. The van der Waals surface area contributed by atoms with Gasteiger partial charge in [-0.05, 0) is 12.8 Å². The van der Waals surface area contributed by atoms with E-state index in [-0.39, 0.29) is 12.6 Å². The number of urea groups is 1. The Morgan fingerprint density at radius 1 is 1.29 bits per heavy atom. The molecule has 0 aromatic rings. The molecule has 6 heteroatoms. The summed E-state index contributed by atoms with van der Waals surface area (Å²) >= 11 is 1.88. The zero-order valence-electron chi connectivity index (χ0n) is 12.8. The van der Waals surface area contributed by atoms with Crippen molar-refractivity contribution in [2.45, 2.75) is 50.7 Å². The van der Waals surface area contributed by atoms with Crippen molar-refractivity contribution in [3.05, 3.63) is 0 Å². The molecule has 2 N–H and O–H groups in total. The lowest BCUT2D eigenvalue weighted by Crippen LogP contribution is -2.50. The van der Waals surface area contributed by atoms with Gasteiger partial charge >= 0.3 is 12.0 Å². The fourth-order valence-corrected chi connectivity index (χ4v) is 4.24. The minimum atomic E-state index is -0.762. The number of rotatable bonds is 3. The number of amides is 2. The van der Waals surface area contributed by atoms with E-state index in [0.29, 0.717) is 18.1 Å². The normalized spacial score (nSPS) is 26.0. The average Bonchev–Trinajstić information content (AvgIpc) is 2.71. The lowest BCUT2D eigenvalue weighted by molar-refractivity contribution is -0.149. The van der Waals surface area contributed by atoms with Gasteiger partial charge in [-0.2, -0.15) is 11.8 Å². The first-order valence-corrected chi connectivity index (χ1v) is 8.96. The number of aliphatic carboxylic acids is 1. The van der Waals surface area contributed by atoms with Crippen molar-refractivity contribution in [3.8, 4) is 0 Å². The van der Waals surface area contributed by atoms with E-state index in [2.05, 4.69) is 12.2 Å². The summed E-state index contributed by atoms with van der Waals surface area (Å²) in [4.78, 5) is 25.8. The fraction of sp³-hybridized carbons (Fsp3) is 0.867. The van der Waals surface area contributed by atoms with Crippen molar-refractivity contribution < 1.29 is 14.7 Å². The van der Waals surface area contributed by atoms with Gasteiger partial charge in [0.05, 0.1) is 5.41 Å². The van der Waals surface area contributed by atoms with E-state index in [9.17, 15) is 14.7 Å². The molecule has 1 unspecified atom stereocenters. The molecule has 0 aromatic heterocycles. The van der Waals surface area contributed by atoms with Crippen molar-refractivity contribution in [2.24, 2.45) is 5.41 Å². The molecule has 1 aliphatic heterocycles. The predicted molar refractivity (Wildman–Crippen MR) is 84.7 cm³/mol. The van der Waals surface area contributed by atoms with E-state index >= 15 is 0 Å². The van der Waals surface area contributed by atoms with Crippen LogP contribution in [0.2, 0.25) is 0 Å². The summed E-state index contributed by atoms with van der Waals surface area (Å²) in [6.07, 6.45) is 5.44. The molecule has 2 aliphatic rings. The second-order valence-electron chi connectivity index (χ2n) is 6.29. The molecule has 2 amide bonds. The highest BCUT2D eigenvalue weighted by molar-refractivity contribution is 7.99. The van der Waals surface area contributed by atoms with E-state index in [1.54, 1.807) is 0 Å². The Bertz CT molecular complexity index is 381. The van der Waals surface area contributed by atoms with Gasteiger partial charge in [0.15, 0.2) is 0 Å². The Morgan fingerprint density at radius 2 is 1.95 bits per heavy atom. The van der Waals surface area contributed by atoms with Crippen molar-refractivity contribution in [3.63, 3.8) is 0 Å². The van der Waals surface area contributed by atoms with Gasteiger partial charge < -0.3 is 15.3 Å². The third kappa shape index (κ3) is 4.28. The average molecular weight is 314 g/mol. The monoisotopic (exact) mass is 314 g/mol. The van der Waals surface area contributed by atoms with Crippen LogP contribution in [0.4, 0.5) is 4.79 Å². The molecular weight excluding hydrogens is 288 g/mol. The van der Waals surface area contributed by atoms with E-state index in [1.165, 1.54) is 0 Å². The van der Waals surface area contributed by atoms with Gasteiger partial charge in [-0.15, -0.1) is 0 Å². The van der Waals surface area contributed by atoms with Crippen LogP contribution in [0.1, 0.15) is 45.4 Å². The number of nitrogens with one attached hydrogen (secondary N) is 1. The molecule has 21 heavy (non-hydrogen) atoms. The van der Waals surface area contributed by atoms with Gasteiger partial charge in [-0.3, -0.25) is 4.79 Å². The van der Waals surface area contributed by atoms with Gasteiger partial charge in [-0.25, -0.2) is 4.79 Å². The number of carboxylic acids is 1. The Hall–Kier alpha value is -0.910. The van der Waals surface area contributed by atoms with Crippen molar-refractivity contribution in [1.29, 1.82) is 0 Å². The second kappa shape index (κ2) is 7.38. The molecule has 5 nitrogen and oxygen atoms in total. The van der Waals surface area contributed by atoms with Crippen LogP contribution < -0.4 is 5.32 Å². The van der Waals surface area contributed by atoms with Crippen LogP contribution in [0.25, 0.3) is 0 Å². The molecule has 1 heterocycles. The first kappa shape index (κ1) is 16.5. The van der Waals surface area contributed by atoms with E-state index in [4.69, 9.17) is 0 Å². The summed E-state index contributed by atoms with van der Waals surface area (Å²) in [6.45, 7) is 3.88. The lowest BCUT2D eigenvalue weighted by Gasteiger charge is -2.33. The number of carbonyl (C=O) groups excluding carboxylic acids is 1. The van der Waals surface area contributed by atoms with Crippen LogP contribution in [-0.4, -0.2) is 52.6 Å². The largest absolute Gasteiger partial charge is 0.481 e. The Labute approximate surface area is 130 Å². The molecule has 120 valence electrons. The Balaban J connectivity index is 1.91. The smallest absolute Gasteiger partial charge is 0.317 e.